The van der Waals surface area contributed by atoms with Crippen molar-refractivity contribution in [3.05, 3.63) is 22.7 Å². The van der Waals surface area contributed by atoms with Gasteiger partial charge in [0.15, 0.2) is 0 Å². The van der Waals surface area contributed by atoms with Crippen LogP contribution in [0.3, 0.4) is 0 Å². The fraction of sp³-hybridized carbons (Fsp3) is 0.636. The molecule has 0 aliphatic heterocycles. The molecular formula is C11H14N2S. The summed E-state index contributed by atoms with van der Waals surface area (Å²) in [6.07, 6.45) is 7.39. The molecule has 1 heterocycles. The van der Waals surface area contributed by atoms with Gasteiger partial charge in [-0.3, -0.25) is 0 Å². The molecule has 14 heavy (non-hydrogen) atoms. The van der Waals surface area contributed by atoms with Crippen LogP contribution in [0, 0.1) is 16.5 Å². The minimum Gasteiger partial charge on any atom is -0.335 e. The van der Waals surface area contributed by atoms with Gasteiger partial charge in [0, 0.05) is 12.1 Å². The number of hydrogen-bond acceptors (Lipinski definition) is 2. The molecule has 2 fully saturated rings. The lowest BCUT2D eigenvalue weighted by atomic mass is 9.97. The van der Waals surface area contributed by atoms with Gasteiger partial charge in [-0.15, -0.1) is 0 Å². The zero-order valence-electron chi connectivity index (χ0n) is 8.07. The van der Waals surface area contributed by atoms with E-state index < -0.39 is 0 Å². The fourth-order valence-electron chi connectivity index (χ4n) is 2.30. The van der Waals surface area contributed by atoms with Gasteiger partial charge in [0.25, 0.3) is 0 Å². The van der Waals surface area contributed by atoms with Crippen molar-refractivity contribution in [3.8, 4) is 0 Å². The summed E-state index contributed by atoms with van der Waals surface area (Å²) < 4.78 is 0.821. The highest BCUT2D eigenvalue weighted by atomic mass is 32.1. The third-order valence-corrected chi connectivity index (χ3v) is 3.50. The molecule has 1 aromatic heterocycles. The van der Waals surface area contributed by atoms with Gasteiger partial charge in [-0.1, -0.05) is 12.2 Å². The van der Waals surface area contributed by atoms with E-state index in [9.17, 15) is 0 Å². The van der Waals surface area contributed by atoms with Crippen LogP contribution in [0.15, 0.2) is 12.3 Å². The smallest absolute Gasteiger partial charge is 0.110 e. The molecule has 0 unspecified atom stereocenters. The van der Waals surface area contributed by atoms with E-state index >= 15 is 0 Å². The molecule has 0 saturated heterocycles. The van der Waals surface area contributed by atoms with E-state index in [0.717, 1.165) is 22.3 Å². The first-order valence-corrected chi connectivity index (χ1v) is 5.80. The lowest BCUT2D eigenvalue weighted by molar-refractivity contribution is 0.508. The second-order valence-corrected chi connectivity index (χ2v) is 4.96. The summed E-state index contributed by atoms with van der Waals surface area (Å²) in [6, 6.07) is 1.86. The molecule has 1 aromatic rings. The highest BCUT2D eigenvalue weighted by molar-refractivity contribution is 7.71. The van der Waals surface area contributed by atoms with Gasteiger partial charge in [0.2, 0.25) is 0 Å². The number of H-pyrrole nitrogens is 1. The van der Waals surface area contributed by atoms with Crippen molar-refractivity contribution in [1.82, 2.24) is 9.97 Å². The van der Waals surface area contributed by atoms with Gasteiger partial charge in [-0.05, 0) is 43.6 Å². The van der Waals surface area contributed by atoms with Gasteiger partial charge in [0.1, 0.15) is 10.5 Å². The third kappa shape index (κ3) is 1.61. The third-order valence-electron chi connectivity index (χ3n) is 3.27. The molecule has 3 rings (SSSR count). The second kappa shape index (κ2) is 3.16. The molecular weight excluding hydrogens is 192 g/mol. The lowest BCUT2D eigenvalue weighted by Crippen LogP contribution is -2.08. The topological polar surface area (TPSA) is 28.7 Å². The molecule has 0 radical (unpaired) electrons. The predicted molar refractivity (Wildman–Crippen MR) is 57.6 cm³/mol. The summed E-state index contributed by atoms with van der Waals surface area (Å²) in [5.74, 6) is 3.60. The van der Waals surface area contributed by atoms with Crippen molar-refractivity contribution in [1.29, 1.82) is 0 Å². The van der Waals surface area contributed by atoms with Crippen LogP contribution in [0.5, 0.6) is 0 Å². The average molecular weight is 206 g/mol. The Hall–Kier alpha value is -0.700. The monoisotopic (exact) mass is 206 g/mol. The van der Waals surface area contributed by atoms with E-state index in [-0.39, 0.29) is 0 Å². The summed E-state index contributed by atoms with van der Waals surface area (Å²) in [5, 5.41) is 0. The Morgan fingerprint density at radius 2 is 1.93 bits per heavy atom. The van der Waals surface area contributed by atoms with Crippen molar-refractivity contribution in [3.63, 3.8) is 0 Å². The molecule has 2 aliphatic carbocycles. The molecule has 0 bridgehead atoms. The first kappa shape index (κ1) is 8.60. The van der Waals surface area contributed by atoms with Gasteiger partial charge in [-0.2, -0.15) is 0 Å². The summed E-state index contributed by atoms with van der Waals surface area (Å²) in [6.45, 7) is 0. The molecule has 0 atom stereocenters. The van der Waals surface area contributed by atoms with Gasteiger partial charge in [0.05, 0.1) is 0 Å². The van der Waals surface area contributed by atoms with Gasteiger partial charge in [-0.25, -0.2) is 4.98 Å². The zero-order chi connectivity index (χ0) is 9.54. The SMILES string of the molecule is S=c1ccnc(C(C2CC2)C2CC2)[nH]1. The van der Waals surface area contributed by atoms with Crippen LogP contribution in [0.4, 0.5) is 0 Å². The standard InChI is InChI=1S/C11H14N2S/c14-9-5-6-12-11(13-9)10(7-1-2-7)8-3-4-8/h5-8,10H,1-4H2,(H,12,13,14). The fourth-order valence-corrected chi connectivity index (χ4v) is 2.46. The summed E-state index contributed by atoms with van der Waals surface area (Å²) >= 11 is 5.14. The maximum atomic E-state index is 5.14. The maximum Gasteiger partial charge on any atom is 0.110 e. The van der Waals surface area contributed by atoms with Crippen LogP contribution in [-0.4, -0.2) is 9.97 Å². The normalized spacial score (nSPS) is 21.5. The quantitative estimate of drug-likeness (QED) is 0.770. The highest BCUT2D eigenvalue weighted by Crippen LogP contribution is 2.53. The van der Waals surface area contributed by atoms with E-state index in [2.05, 4.69) is 9.97 Å². The molecule has 2 saturated carbocycles. The van der Waals surface area contributed by atoms with Crippen molar-refractivity contribution in [2.24, 2.45) is 11.8 Å². The Morgan fingerprint density at radius 1 is 1.29 bits per heavy atom. The number of rotatable bonds is 3. The van der Waals surface area contributed by atoms with Crippen molar-refractivity contribution in [2.45, 2.75) is 31.6 Å². The van der Waals surface area contributed by atoms with E-state index in [1.807, 2.05) is 12.3 Å². The summed E-state index contributed by atoms with van der Waals surface area (Å²) in [7, 11) is 0. The minimum absolute atomic E-state index is 0.679. The largest absolute Gasteiger partial charge is 0.335 e. The Bertz CT molecular complexity index is 378. The molecule has 74 valence electrons. The molecule has 0 aromatic carbocycles. The molecule has 0 spiro atoms. The molecule has 1 N–H and O–H groups in total. The number of nitrogens with zero attached hydrogens (tertiary/aromatic N) is 1. The second-order valence-electron chi connectivity index (χ2n) is 4.52. The minimum atomic E-state index is 0.679. The van der Waals surface area contributed by atoms with Crippen molar-refractivity contribution < 1.29 is 0 Å². The van der Waals surface area contributed by atoms with Crippen LogP contribution < -0.4 is 0 Å². The maximum absolute atomic E-state index is 5.14. The van der Waals surface area contributed by atoms with Crippen LogP contribution in [0.25, 0.3) is 0 Å². The van der Waals surface area contributed by atoms with Crippen molar-refractivity contribution in [2.75, 3.05) is 0 Å². The number of nitrogens with one attached hydrogen (secondary N) is 1. The van der Waals surface area contributed by atoms with Crippen LogP contribution >= 0.6 is 12.2 Å². The summed E-state index contributed by atoms with van der Waals surface area (Å²) in [4.78, 5) is 7.69. The Labute approximate surface area is 88.8 Å². The lowest BCUT2D eigenvalue weighted by Gasteiger charge is -2.13. The predicted octanol–water partition coefficient (Wildman–Crippen LogP) is 3.04. The Balaban J connectivity index is 1.93. The average Bonchev–Trinajstić information content (AvgIpc) is 2.98. The Morgan fingerprint density at radius 3 is 2.43 bits per heavy atom. The summed E-state index contributed by atoms with van der Waals surface area (Å²) in [5.41, 5.74) is 0. The molecule has 2 aliphatic rings. The van der Waals surface area contributed by atoms with Crippen LogP contribution in [-0.2, 0) is 0 Å². The van der Waals surface area contributed by atoms with E-state index in [1.165, 1.54) is 25.7 Å². The van der Waals surface area contributed by atoms with Gasteiger partial charge < -0.3 is 4.98 Å². The molecule has 2 nitrogen and oxygen atoms in total. The van der Waals surface area contributed by atoms with E-state index in [1.54, 1.807) is 0 Å². The van der Waals surface area contributed by atoms with Gasteiger partial charge >= 0.3 is 0 Å². The number of hydrogen-bond donors (Lipinski definition) is 1. The molecule has 3 heteroatoms. The highest BCUT2D eigenvalue weighted by Gasteiger charge is 2.43. The Kier molecular flexibility index (Phi) is 1.94. The van der Waals surface area contributed by atoms with Crippen LogP contribution in [0.1, 0.15) is 37.4 Å². The van der Waals surface area contributed by atoms with Crippen LogP contribution in [0.2, 0.25) is 0 Å². The number of aromatic nitrogens is 2. The van der Waals surface area contributed by atoms with E-state index in [0.29, 0.717) is 5.92 Å². The van der Waals surface area contributed by atoms with Crippen molar-refractivity contribution >= 4 is 12.2 Å². The van der Waals surface area contributed by atoms with E-state index in [4.69, 9.17) is 12.2 Å². The first-order valence-electron chi connectivity index (χ1n) is 5.40. The number of aromatic amines is 1. The zero-order valence-corrected chi connectivity index (χ0v) is 8.89. The first-order chi connectivity index (χ1) is 6.84. The molecule has 0 amide bonds.